The summed E-state index contributed by atoms with van der Waals surface area (Å²) in [5, 5.41) is 12.0. The van der Waals surface area contributed by atoms with Gasteiger partial charge in [0.1, 0.15) is 0 Å². The van der Waals surface area contributed by atoms with E-state index >= 15 is 0 Å². The molecule has 2 unspecified atom stereocenters. The van der Waals surface area contributed by atoms with Gasteiger partial charge >= 0.3 is 0 Å². The number of rotatable bonds is 4. The van der Waals surface area contributed by atoms with Gasteiger partial charge in [-0.3, -0.25) is 0 Å². The van der Waals surface area contributed by atoms with Gasteiger partial charge in [-0.25, -0.2) is 0 Å². The van der Waals surface area contributed by atoms with E-state index in [-0.39, 0.29) is 12.0 Å². The van der Waals surface area contributed by atoms with E-state index in [4.69, 9.17) is 10.8 Å². The van der Waals surface area contributed by atoms with E-state index in [2.05, 4.69) is 26.1 Å². The Morgan fingerprint density at radius 2 is 2.00 bits per heavy atom. The van der Waals surface area contributed by atoms with Gasteiger partial charge in [-0.1, -0.05) is 20.8 Å². The number of nitrogens with two attached hydrogens (primary N) is 1. The minimum absolute atomic E-state index is 0.214. The Morgan fingerprint density at radius 3 is 2.53 bits per heavy atom. The number of nitrogens with one attached hydrogen (secondary N) is 1. The highest BCUT2D eigenvalue weighted by Gasteiger charge is 2.39. The molecule has 0 amide bonds. The molecule has 1 rings (SSSR count). The molecule has 0 aromatic rings. The maximum absolute atomic E-state index is 8.75. The third kappa shape index (κ3) is 4.09. The molecule has 1 aliphatic carbocycles. The predicted molar refractivity (Wildman–Crippen MR) is 63.7 cm³/mol. The van der Waals surface area contributed by atoms with E-state index in [1.807, 2.05) is 0 Å². The zero-order chi connectivity index (χ0) is 11.5. The highest BCUT2D eigenvalue weighted by atomic mass is 16.3. The Kier molecular flexibility index (Phi) is 4.15. The first-order chi connectivity index (χ1) is 6.87. The van der Waals surface area contributed by atoms with E-state index in [9.17, 15) is 0 Å². The second-order valence-electron chi connectivity index (χ2n) is 6.22. The van der Waals surface area contributed by atoms with Crippen LogP contribution in [0.2, 0.25) is 0 Å². The van der Waals surface area contributed by atoms with Crippen molar-refractivity contribution >= 4 is 0 Å². The van der Waals surface area contributed by atoms with E-state index in [0.717, 1.165) is 19.4 Å². The van der Waals surface area contributed by atoms with Crippen LogP contribution in [0.1, 0.15) is 40.0 Å². The smallest absolute Gasteiger partial charge is 0.0555 e. The van der Waals surface area contributed by atoms with Crippen LogP contribution in [0.4, 0.5) is 0 Å². The van der Waals surface area contributed by atoms with Crippen LogP contribution in [0.15, 0.2) is 0 Å². The lowest BCUT2D eigenvalue weighted by atomic mass is 9.63. The lowest BCUT2D eigenvalue weighted by molar-refractivity contribution is 0.0817. The van der Waals surface area contributed by atoms with Crippen LogP contribution in [-0.4, -0.2) is 30.8 Å². The monoisotopic (exact) mass is 214 g/mol. The molecular formula is C12H26N2O. The van der Waals surface area contributed by atoms with Crippen molar-refractivity contribution in [2.24, 2.45) is 16.6 Å². The molecule has 4 N–H and O–H groups in total. The zero-order valence-electron chi connectivity index (χ0n) is 10.3. The van der Waals surface area contributed by atoms with Crippen LogP contribution in [0, 0.1) is 10.8 Å². The van der Waals surface area contributed by atoms with Crippen molar-refractivity contribution < 1.29 is 5.11 Å². The third-order valence-corrected chi connectivity index (χ3v) is 3.32. The summed E-state index contributed by atoms with van der Waals surface area (Å²) in [6.45, 7) is 8.77. The summed E-state index contributed by atoms with van der Waals surface area (Å²) in [6, 6.07) is 0.328. The molecule has 0 heterocycles. The van der Waals surface area contributed by atoms with Crippen molar-refractivity contribution in [2.75, 3.05) is 19.7 Å². The predicted octanol–water partition coefficient (Wildman–Crippen LogP) is 1.11. The molecule has 15 heavy (non-hydrogen) atoms. The quantitative estimate of drug-likeness (QED) is 0.615. The van der Waals surface area contributed by atoms with Crippen LogP contribution < -0.4 is 11.1 Å². The topological polar surface area (TPSA) is 58.3 Å². The molecule has 0 bridgehead atoms. The molecule has 0 spiro atoms. The summed E-state index contributed by atoms with van der Waals surface area (Å²) in [4.78, 5) is 0. The highest BCUT2D eigenvalue weighted by Crippen LogP contribution is 2.44. The Labute approximate surface area is 93.4 Å². The van der Waals surface area contributed by atoms with Crippen LogP contribution in [-0.2, 0) is 0 Å². The average Bonchev–Trinajstić information content (AvgIpc) is 1.98. The lowest BCUT2D eigenvalue weighted by Gasteiger charge is -2.45. The summed E-state index contributed by atoms with van der Waals surface area (Å²) >= 11 is 0. The Balaban J connectivity index is 2.51. The van der Waals surface area contributed by atoms with Crippen molar-refractivity contribution in [3.05, 3.63) is 0 Å². The fourth-order valence-electron chi connectivity index (χ4n) is 3.32. The second-order valence-corrected chi connectivity index (χ2v) is 6.22. The van der Waals surface area contributed by atoms with Gasteiger partial charge in [-0.15, -0.1) is 0 Å². The lowest BCUT2D eigenvalue weighted by Crippen LogP contribution is -2.46. The minimum atomic E-state index is 0.214. The molecular weight excluding hydrogens is 188 g/mol. The second kappa shape index (κ2) is 4.81. The molecule has 90 valence electrons. The van der Waals surface area contributed by atoms with Crippen LogP contribution >= 0.6 is 0 Å². The third-order valence-electron chi connectivity index (χ3n) is 3.32. The molecule has 1 saturated carbocycles. The minimum Gasteiger partial charge on any atom is -0.395 e. The number of hydrogen-bond acceptors (Lipinski definition) is 3. The maximum Gasteiger partial charge on any atom is 0.0555 e. The molecule has 3 heteroatoms. The van der Waals surface area contributed by atoms with Crippen LogP contribution in [0.25, 0.3) is 0 Å². The fourth-order valence-corrected chi connectivity index (χ4v) is 3.32. The summed E-state index contributed by atoms with van der Waals surface area (Å²) in [6.07, 6.45) is 3.43. The first-order valence-corrected chi connectivity index (χ1v) is 5.94. The number of aliphatic hydroxyl groups excluding tert-OH is 1. The van der Waals surface area contributed by atoms with E-state index in [1.165, 1.54) is 6.42 Å². The summed E-state index contributed by atoms with van der Waals surface area (Å²) in [5.74, 6) is 0. The van der Waals surface area contributed by atoms with Gasteiger partial charge in [0.05, 0.1) is 6.61 Å². The normalized spacial score (nSPS) is 35.4. The van der Waals surface area contributed by atoms with Gasteiger partial charge in [0.15, 0.2) is 0 Å². The summed E-state index contributed by atoms with van der Waals surface area (Å²) in [7, 11) is 0. The molecule has 1 aliphatic rings. The Bertz CT molecular complexity index is 206. The van der Waals surface area contributed by atoms with Crippen molar-refractivity contribution in [1.82, 2.24) is 5.32 Å². The van der Waals surface area contributed by atoms with Crippen molar-refractivity contribution in [3.8, 4) is 0 Å². The van der Waals surface area contributed by atoms with Crippen molar-refractivity contribution in [3.63, 3.8) is 0 Å². The van der Waals surface area contributed by atoms with Gasteiger partial charge in [0, 0.05) is 19.1 Å². The van der Waals surface area contributed by atoms with E-state index < -0.39 is 0 Å². The molecule has 3 nitrogen and oxygen atoms in total. The van der Waals surface area contributed by atoms with Gasteiger partial charge in [-0.05, 0) is 30.1 Å². The first-order valence-electron chi connectivity index (χ1n) is 5.94. The van der Waals surface area contributed by atoms with Crippen LogP contribution in [0.5, 0.6) is 0 Å². The molecule has 0 aliphatic heterocycles. The SMILES string of the molecule is CC1(C)CC(N)CC(C)(CNCCO)C1. The standard InChI is InChI=1S/C12H26N2O/c1-11(2)6-10(13)7-12(3,8-11)9-14-4-5-15/h10,14-15H,4-9,13H2,1-3H3. The Hall–Kier alpha value is -0.120. The molecule has 0 aromatic heterocycles. The van der Waals surface area contributed by atoms with E-state index in [0.29, 0.717) is 18.0 Å². The first kappa shape index (κ1) is 12.9. The molecule has 0 saturated heterocycles. The summed E-state index contributed by atoms with van der Waals surface area (Å²) < 4.78 is 0. The fraction of sp³-hybridized carbons (Fsp3) is 1.00. The molecule has 2 atom stereocenters. The summed E-state index contributed by atoms with van der Waals surface area (Å²) in [5.41, 5.74) is 6.76. The van der Waals surface area contributed by atoms with Gasteiger partial charge in [0.25, 0.3) is 0 Å². The average molecular weight is 214 g/mol. The van der Waals surface area contributed by atoms with Crippen LogP contribution in [0.3, 0.4) is 0 Å². The number of hydrogen-bond donors (Lipinski definition) is 3. The van der Waals surface area contributed by atoms with Gasteiger partial charge < -0.3 is 16.2 Å². The number of aliphatic hydroxyl groups is 1. The highest BCUT2D eigenvalue weighted by molar-refractivity contribution is 4.94. The van der Waals surface area contributed by atoms with E-state index in [1.54, 1.807) is 0 Å². The largest absolute Gasteiger partial charge is 0.395 e. The van der Waals surface area contributed by atoms with Crippen molar-refractivity contribution in [2.45, 2.75) is 46.1 Å². The van der Waals surface area contributed by atoms with Gasteiger partial charge in [-0.2, -0.15) is 0 Å². The molecule has 0 radical (unpaired) electrons. The Morgan fingerprint density at radius 1 is 1.33 bits per heavy atom. The zero-order valence-corrected chi connectivity index (χ0v) is 10.3. The molecule has 0 aromatic carbocycles. The van der Waals surface area contributed by atoms with Gasteiger partial charge in [0.2, 0.25) is 0 Å². The maximum atomic E-state index is 8.75. The molecule has 1 fully saturated rings. The van der Waals surface area contributed by atoms with Crippen molar-refractivity contribution in [1.29, 1.82) is 0 Å².